The van der Waals surface area contributed by atoms with E-state index >= 15 is 0 Å². The van der Waals surface area contributed by atoms with Crippen LogP contribution < -0.4 is 14.8 Å². The van der Waals surface area contributed by atoms with Gasteiger partial charge in [0.15, 0.2) is 18.1 Å². The molecule has 1 aromatic heterocycles. The second-order valence-corrected chi connectivity index (χ2v) is 7.42. The van der Waals surface area contributed by atoms with Gasteiger partial charge in [-0.2, -0.15) is 0 Å². The summed E-state index contributed by atoms with van der Waals surface area (Å²) >= 11 is 0. The van der Waals surface area contributed by atoms with E-state index in [9.17, 15) is 9.59 Å². The van der Waals surface area contributed by atoms with Crippen LogP contribution in [0.5, 0.6) is 11.5 Å². The van der Waals surface area contributed by atoms with Crippen LogP contribution in [0.2, 0.25) is 0 Å². The molecule has 0 fully saturated rings. The third kappa shape index (κ3) is 5.55. The molecule has 1 N–H and O–H groups in total. The van der Waals surface area contributed by atoms with Crippen LogP contribution in [0, 0.1) is 0 Å². The van der Waals surface area contributed by atoms with Crippen LogP contribution >= 0.6 is 0 Å². The minimum absolute atomic E-state index is 0.147. The predicted molar refractivity (Wildman–Crippen MR) is 124 cm³/mol. The summed E-state index contributed by atoms with van der Waals surface area (Å²) in [7, 11) is 0. The highest BCUT2D eigenvalue weighted by Gasteiger charge is 2.17. The van der Waals surface area contributed by atoms with Crippen LogP contribution in [0.3, 0.4) is 0 Å². The fourth-order valence-electron chi connectivity index (χ4n) is 3.20. The number of ether oxygens (including phenoxy) is 3. The number of anilines is 1. The average molecular weight is 437 g/mol. The molecule has 1 amide bonds. The number of carbonyl (C=O) groups excluding carboxylic acids is 2. The number of hydrogen-bond donors (Lipinski definition) is 1. The minimum atomic E-state index is -0.567. The molecular weight excluding hydrogens is 408 g/mol. The second-order valence-electron chi connectivity index (χ2n) is 7.42. The smallest absolute Gasteiger partial charge is 0.339 e. The maximum absolute atomic E-state index is 12.8. The van der Waals surface area contributed by atoms with Crippen molar-refractivity contribution in [3.8, 4) is 11.5 Å². The van der Waals surface area contributed by atoms with Gasteiger partial charge in [0.1, 0.15) is 0 Å². The zero-order valence-electron chi connectivity index (χ0n) is 18.8. The topological polar surface area (TPSA) is 86.8 Å². The molecule has 32 heavy (non-hydrogen) atoms. The van der Waals surface area contributed by atoms with E-state index in [1.807, 2.05) is 52.0 Å². The van der Waals surface area contributed by atoms with Crippen LogP contribution in [-0.2, 0) is 9.53 Å². The summed E-state index contributed by atoms with van der Waals surface area (Å²) in [6.07, 6.45) is 0. The van der Waals surface area contributed by atoms with E-state index in [4.69, 9.17) is 14.2 Å². The minimum Gasteiger partial charge on any atom is -0.490 e. The van der Waals surface area contributed by atoms with Crippen LogP contribution in [0.4, 0.5) is 5.69 Å². The van der Waals surface area contributed by atoms with Crippen molar-refractivity contribution in [1.29, 1.82) is 0 Å². The van der Waals surface area contributed by atoms with Gasteiger partial charge in [-0.25, -0.2) is 4.79 Å². The van der Waals surface area contributed by atoms with Gasteiger partial charge in [0.05, 0.1) is 24.3 Å². The largest absolute Gasteiger partial charge is 0.490 e. The molecule has 0 unspecified atom stereocenters. The first kappa shape index (κ1) is 23.1. The Morgan fingerprint density at radius 1 is 0.969 bits per heavy atom. The first-order valence-corrected chi connectivity index (χ1v) is 10.7. The molecule has 0 aliphatic rings. The lowest BCUT2D eigenvalue weighted by Crippen LogP contribution is -2.21. The Balaban J connectivity index is 1.70. The first-order valence-electron chi connectivity index (χ1n) is 10.7. The maximum Gasteiger partial charge on any atom is 0.339 e. The molecule has 7 heteroatoms. The summed E-state index contributed by atoms with van der Waals surface area (Å²) < 4.78 is 16.4. The van der Waals surface area contributed by atoms with Crippen molar-refractivity contribution in [3.05, 3.63) is 59.8 Å². The standard InChI is InChI=1S/C25H28N2O5/c1-5-30-22-12-11-17(13-23(22)31-6-2)26-24(28)15-32-25(29)19-14-21(16(3)4)27-20-10-8-7-9-18(19)20/h7-14,16H,5-6,15H2,1-4H3,(H,26,28). The number of aromatic nitrogens is 1. The molecule has 0 saturated heterocycles. The van der Waals surface area contributed by atoms with Crippen molar-refractivity contribution in [2.45, 2.75) is 33.6 Å². The van der Waals surface area contributed by atoms with E-state index in [0.717, 1.165) is 5.69 Å². The third-order valence-electron chi connectivity index (χ3n) is 4.71. The van der Waals surface area contributed by atoms with Gasteiger partial charge in [-0.05, 0) is 44.0 Å². The zero-order chi connectivity index (χ0) is 23.1. The molecule has 3 aromatic rings. The third-order valence-corrected chi connectivity index (χ3v) is 4.71. The molecule has 3 rings (SSSR count). The van der Waals surface area contributed by atoms with Gasteiger partial charge >= 0.3 is 5.97 Å². The molecule has 0 bridgehead atoms. The van der Waals surface area contributed by atoms with Crippen LogP contribution in [-0.4, -0.2) is 36.7 Å². The molecule has 0 spiro atoms. The number of nitrogens with one attached hydrogen (secondary N) is 1. The van der Waals surface area contributed by atoms with Crippen molar-refractivity contribution >= 4 is 28.5 Å². The second kappa shape index (κ2) is 10.6. The number of nitrogens with zero attached hydrogens (tertiary/aromatic N) is 1. The van der Waals surface area contributed by atoms with Crippen LogP contribution in [0.1, 0.15) is 49.7 Å². The number of amides is 1. The Morgan fingerprint density at radius 3 is 2.41 bits per heavy atom. The molecule has 0 aliphatic carbocycles. The quantitative estimate of drug-likeness (QED) is 0.478. The molecule has 0 radical (unpaired) electrons. The lowest BCUT2D eigenvalue weighted by molar-refractivity contribution is -0.119. The van der Waals surface area contributed by atoms with Crippen molar-refractivity contribution in [3.63, 3.8) is 0 Å². The summed E-state index contributed by atoms with van der Waals surface area (Å²) in [4.78, 5) is 29.8. The number of benzene rings is 2. The van der Waals surface area contributed by atoms with Gasteiger partial charge in [0.2, 0.25) is 0 Å². The summed E-state index contributed by atoms with van der Waals surface area (Å²) in [6.45, 7) is 8.32. The van der Waals surface area contributed by atoms with E-state index in [0.29, 0.717) is 46.9 Å². The van der Waals surface area contributed by atoms with Crippen molar-refractivity contribution < 1.29 is 23.8 Å². The predicted octanol–water partition coefficient (Wildman–Crippen LogP) is 4.95. The number of esters is 1. The highest BCUT2D eigenvalue weighted by atomic mass is 16.5. The molecular formula is C25H28N2O5. The number of rotatable bonds is 9. The molecule has 0 atom stereocenters. The van der Waals surface area contributed by atoms with Gasteiger partial charge in [-0.15, -0.1) is 0 Å². The molecule has 0 saturated carbocycles. The van der Waals surface area contributed by atoms with Gasteiger partial charge in [0.25, 0.3) is 5.91 Å². The maximum atomic E-state index is 12.8. The number of fused-ring (bicyclic) bond motifs is 1. The molecule has 2 aromatic carbocycles. The Kier molecular flexibility index (Phi) is 7.65. The van der Waals surface area contributed by atoms with Gasteiger partial charge in [-0.1, -0.05) is 32.0 Å². The molecule has 1 heterocycles. The van der Waals surface area contributed by atoms with E-state index in [2.05, 4.69) is 10.3 Å². The fourth-order valence-corrected chi connectivity index (χ4v) is 3.20. The van der Waals surface area contributed by atoms with E-state index in [-0.39, 0.29) is 5.92 Å². The van der Waals surface area contributed by atoms with Crippen molar-refractivity contribution in [2.24, 2.45) is 0 Å². The summed E-state index contributed by atoms with van der Waals surface area (Å²) in [5.41, 5.74) is 2.42. The number of pyridine rings is 1. The normalized spacial score (nSPS) is 10.8. The Hall–Kier alpha value is -3.61. The van der Waals surface area contributed by atoms with Gasteiger partial charge in [0, 0.05) is 22.8 Å². The van der Waals surface area contributed by atoms with E-state index in [1.165, 1.54) is 0 Å². The molecule has 7 nitrogen and oxygen atoms in total. The Labute approximate surface area is 187 Å². The number of para-hydroxylation sites is 1. The van der Waals surface area contributed by atoms with E-state index < -0.39 is 18.5 Å². The summed E-state index contributed by atoms with van der Waals surface area (Å²) in [6, 6.07) is 14.2. The SMILES string of the molecule is CCOc1ccc(NC(=O)COC(=O)c2cc(C(C)C)nc3ccccc23)cc1OCC. The van der Waals surface area contributed by atoms with Crippen molar-refractivity contribution in [2.75, 3.05) is 25.1 Å². The summed E-state index contributed by atoms with van der Waals surface area (Å²) in [5.74, 6) is 0.265. The number of carbonyl (C=O) groups is 2. The van der Waals surface area contributed by atoms with E-state index in [1.54, 1.807) is 24.3 Å². The first-order chi connectivity index (χ1) is 15.4. The highest BCUT2D eigenvalue weighted by Crippen LogP contribution is 2.30. The van der Waals surface area contributed by atoms with Crippen LogP contribution in [0.25, 0.3) is 10.9 Å². The lowest BCUT2D eigenvalue weighted by atomic mass is 10.0. The summed E-state index contributed by atoms with van der Waals surface area (Å²) in [5, 5.41) is 3.41. The Morgan fingerprint density at radius 2 is 1.69 bits per heavy atom. The molecule has 168 valence electrons. The lowest BCUT2D eigenvalue weighted by Gasteiger charge is -2.13. The van der Waals surface area contributed by atoms with Crippen molar-refractivity contribution in [1.82, 2.24) is 4.98 Å². The Bertz CT molecular complexity index is 1110. The average Bonchev–Trinajstić information content (AvgIpc) is 2.78. The fraction of sp³-hybridized carbons (Fsp3) is 0.320. The highest BCUT2D eigenvalue weighted by molar-refractivity contribution is 6.04. The van der Waals surface area contributed by atoms with Crippen LogP contribution in [0.15, 0.2) is 48.5 Å². The van der Waals surface area contributed by atoms with Gasteiger partial charge in [-0.3, -0.25) is 9.78 Å². The zero-order valence-corrected chi connectivity index (χ0v) is 18.8. The molecule has 0 aliphatic heterocycles. The number of hydrogen-bond acceptors (Lipinski definition) is 6. The van der Waals surface area contributed by atoms with Gasteiger partial charge < -0.3 is 19.5 Å². The monoisotopic (exact) mass is 436 g/mol.